The van der Waals surface area contributed by atoms with Crippen molar-refractivity contribution in [3.63, 3.8) is 0 Å². The zero-order chi connectivity index (χ0) is 9.02. The lowest BCUT2D eigenvalue weighted by molar-refractivity contribution is -0.139. The minimum Gasteiger partial charge on any atom is -0.480 e. The Labute approximate surface area is 63.3 Å². The molecule has 0 saturated heterocycles. The molecule has 0 aliphatic carbocycles. The first-order valence-electron chi connectivity index (χ1n) is 2.86. The number of carbonyl (C=O) groups is 2. The Hall–Kier alpha value is -1.52. The van der Waals surface area contributed by atoms with Crippen LogP contribution in [-0.2, 0) is 9.59 Å². The van der Waals surface area contributed by atoms with Gasteiger partial charge in [-0.3, -0.25) is 4.79 Å². The Kier molecular flexibility index (Phi) is 3.10. The standard InChI is InChI=1S/C6H9NO4/c1-3(5(8)9)7-4(2)6(10)11/h4,7H,1H2,2H3,(H,8,9)(H,10,11). The van der Waals surface area contributed by atoms with Crippen LogP contribution in [0.15, 0.2) is 12.3 Å². The van der Waals surface area contributed by atoms with E-state index in [0.717, 1.165) is 0 Å². The minimum absolute atomic E-state index is 0.320. The van der Waals surface area contributed by atoms with Gasteiger partial charge in [0.2, 0.25) is 0 Å². The Morgan fingerprint density at radius 3 is 2.18 bits per heavy atom. The van der Waals surface area contributed by atoms with Crippen molar-refractivity contribution in [1.82, 2.24) is 5.32 Å². The fraction of sp³-hybridized carbons (Fsp3) is 0.333. The van der Waals surface area contributed by atoms with E-state index in [1.807, 2.05) is 0 Å². The van der Waals surface area contributed by atoms with E-state index in [1.165, 1.54) is 6.92 Å². The SMILES string of the molecule is C=C(NC(C)C(=O)O)C(=O)O. The number of nitrogens with one attached hydrogen (secondary N) is 1. The van der Waals surface area contributed by atoms with Gasteiger partial charge in [-0.1, -0.05) is 6.58 Å². The van der Waals surface area contributed by atoms with Crippen molar-refractivity contribution in [3.8, 4) is 0 Å². The summed E-state index contributed by atoms with van der Waals surface area (Å²) in [6.45, 7) is 4.43. The molecule has 11 heavy (non-hydrogen) atoms. The van der Waals surface area contributed by atoms with Gasteiger partial charge in [0.05, 0.1) is 0 Å². The van der Waals surface area contributed by atoms with E-state index in [2.05, 4.69) is 11.9 Å². The fourth-order valence-corrected chi connectivity index (χ4v) is 0.385. The van der Waals surface area contributed by atoms with Crippen LogP contribution in [-0.4, -0.2) is 28.2 Å². The van der Waals surface area contributed by atoms with Gasteiger partial charge < -0.3 is 15.5 Å². The molecule has 0 fully saturated rings. The number of hydrogen-bond donors (Lipinski definition) is 3. The van der Waals surface area contributed by atoms with Crippen molar-refractivity contribution in [2.75, 3.05) is 0 Å². The van der Waals surface area contributed by atoms with Crippen molar-refractivity contribution in [2.24, 2.45) is 0 Å². The third-order valence-electron chi connectivity index (χ3n) is 1.02. The van der Waals surface area contributed by atoms with Gasteiger partial charge in [-0.05, 0) is 6.92 Å². The van der Waals surface area contributed by atoms with Crippen LogP contribution in [0.25, 0.3) is 0 Å². The van der Waals surface area contributed by atoms with Crippen molar-refractivity contribution in [1.29, 1.82) is 0 Å². The predicted octanol–water partition coefficient (Wildman–Crippen LogP) is -0.353. The molecule has 0 aromatic rings. The third kappa shape index (κ3) is 3.24. The van der Waals surface area contributed by atoms with Crippen LogP contribution >= 0.6 is 0 Å². The lowest BCUT2D eigenvalue weighted by atomic mass is 10.3. The molecular formula is C6H9NO4. The summed E-state index contributed by atoms with van der Waals surface area (Å²) < 4.78 is 0. The Balaban J connectivity index is 3.95. The van der Waals surface area contributed by atoms with Gasteiger partial charge in [0.1, 0.15) is 11.7 Å². The van der Waals surface area contributed by atoms with Crippen molar-refractivity contribution in [2.45, 2.75) is 13.0 Å². The number of rotatable bonds is 4. The zero-order valence-electron chi connectivity index (χ0n) is 6.00. The molecule has 1 unspecified atom stereocenters. The lowest BCUT2D eigenvalue weighted by Crippen LogP contribution is -2.35. The number of hydrogen-bond acceptors (Lipinski definition) is 3. The van der Waals surface area contributed by atoms with E-state index in [0.29, 0.717) is 0 Å². The summed E-state index contributed by atoms with van der Waals surface area (Å²) in [6, 6.07) is -0.932. The summed E-state index contributed by atoms with van der Waals surface area (Å²) in [6.07, 6.45) is 0. The molecule has 0 bridgehead atoms. The van der Waals surface area contributed by atoms with Crippen LogP contribution in [0.4, 0.5) is 0 Å². The molecule has 5 heteroatoms. The van der Waals surface area contributed by atoms with Gasteiger partial charge >= 0.3 is 11.9 Å². The summed E-state index contributed by atoms with van der Waals surface area (Å²) in [5.74, 6) is -2.37. The van der Waals surface area contributed by atoms with Gasteiger partial charge in [-0.15, -0.1) is 0 Å². The van der Waals surface area contributed by atoms with Crippen LogP contribution < -0.4 is 5.32 Å². The monoisotopic (exact) mass is 159 g/mol. The smallest absolute Gasteiger partial charge is 0.351 e. The predicted molar refractivity (Wildman–Crippen MR) is 37.0 cm³/mol. The Morgan fingerprint density at radius 1 is 1.45 bits per heavy atom. The van der Waals surface area contributed by atoms with Gasteiger partial charge in [0.15, 0.2) is 0 Å². The first kappa shape index (κ1) is 9.48. The van der Waals surface area contributed by atoms with E-state index >= 15 is 0 Å². The first-order chi connectivity index (χ1) is 4.95. The van der Waals surface area contributed by atoms with Crippen LogP contribution in [0, 0.1) is 0 Å². The molecule has 0 radical (unpaired) electrons. The average molecular weight is 159 g/mol. The number of carboxylic acids is 2. The largest absolute Gasteiger partial charge is 0.480 e. The van der Waals surface area contributed by atoms with Crippen molar-refractivity contribution in [3.05, 3.63) is 12.3 Å². The van der Waals surface area contributed by atoms with Gasteiger partial charge in [-0.25, -0.2) is 4.79 Å². The van der Waals surface area contributed by atoms with E-state index < -0.39 is 18.0 Å². The van der Waals surface area contributed by atoms with E-state index in [9.17, 15) is 9.59 Å². The molecule has 0 aliphatic rings. The van der Waals surface area contributed by atoms with E-state index in [-0.39, 0.29) is 5.70 Å². The highest BCUT2D eigenvalue weighted by molar-refractivity contribution is 5.86. The molecule has 0 rings (SSSR count). The zero-order valence-corrected chi connectivity index (χ0v) is 6.00. The second-order valence-electron chi connectivity index (χ2n) is 1.99. The first-order valence-corrected chi connectivity index (χ1v) is 2.86. The molecule has 0 saturated carbocycles. The molecule has 0 aromatic carbocycles. The molecule has 3 N–H and O–H groups in total. The third-order valence-corrected chi connectivity index (χ3v) is 1.02. The molecule has 0 amide bonds. The molecular weight excluding hydrogens is 150 g/mol. The molecule has 0 aromatic heterocycles. The fourth-order valence-electron chi connectivity index (χ4n) is 0.385. The van der Waals surface area contributed by atoms with Crippen LogP contribution in [0.2, 0.25) is 0 Å². The Morgan fingerprint density at radius 2 is 1.91 bits per heavy atom. The number of carboxylic acid groups (broad SMARTS) is 2. The normalized spacial score (nSPS) is 11.7. The summed E-state index contributed by atoms with van der Waals surface area (Å²) in [5.41, 5.74) is -0.320. The highest BCUT2D eigenvalue weighted by Crippen LogP contribution is 1.88. The quantitative estimate of drug-likeness (QED) is 0.488. The molecule has 0 spiro atoms. The molecule has 1 atom stereocenters. The molecule has 5 nitrogen and oxygen atoms in total. The second-order valence-corrected chi connectivity index (χ2v) is 1.99. The summed E-state index contributed by atoms with van der Waals surface area (Å²) in [4.78, 5) is 20.3. The Bertz CT molecular complexity index is 199. The maximum absolute atomic E-state index is 10.2. The highest BCUT2D eigenvalue weighted by Gasteiger charge is 2.13. The summed E-state index contributed by atoms with van der Waals surface area (Å²) >= 11 is 0. The van der Waals surface area contributed by atoms with Gasteiger partial charge in [0, 0.05) is 0 Å². The van der Waals surface area contributed by atoms with Crippen molar-refractivity contribution >= 4 is 11.9 Å². The van der Waals surface area contributed by atoms with Crippen LogP contribution in [0.5, 0.6) is 0 Å². The topological polar surface area (TPSA) is 86.6 Å². The van der Waals surface area contributed by atoms with Crippen LogP contribution in [0.3, 0.4) is 0 Å². The molecule has 0 aliphatic heterocycles. The highest BCUT2D eigenvalue weighted by atomic mass is 16.4. The van der Waals surface area contributed by atoms with Gasteiger partial charge in [0.25, 0.3) is 0 Å². The average Bonchev–Trinajstić information content (AvgIpc) is 1.87. The maximum atomic E-state index is 10.2. The van der Waals surface area contributed by atoms with Crippen molar-refractivity contribution < 1.29 is 19.8 Å². The summed E-state index contributed by atoms with van der Waals surface area (Å²) in [5, 5.41) is 18.8. The maximum Gasteiger partial charge on any atom is 0.351 e. The summed E-state index contributed by atoms with van der Waals surface area (Å²) in [7, 11) is 0. The van der Waals surface area contributed by atoms with E-state index in [1.54, 1.807) is 0 Å². The minimum atomic E-state index is -1.25. The van der Waals surface area contributed by atoms with E-state index in [4.69, 9.17) is 10.2 Å². The lowest BCUT2D eigenvalue weighted by Gasteiger charge is -2.08. The molecule has 62 valence electrons. The van der Waals surface area contributed by atoms with Gasteiger partial charge in [-0.2, -0.15) is 0 Å². The molecule has 0 heterocycles. The number of aliphatic carboxylic acids is 2. The second kappa shape index (κ2) is 3.60. The van der Waals surface area contributed by atoms with Crippen LogP contribution in [0.1, 0.15) is 6.92 Å².